The highest BCUT2D eigenvalue weighted by atomic mass is 16.5. The number of nitrogens with zero attached hydrogens (tertiary/aromatic N) is 3. The zero-order valence-electron chi connectivity index (χ0n) is 9.03. The Morgan fingerprint density at radius 3 is 2.94 bits per heavy atom. The Labute approximate surface area is 97.1 Å². The number of hydrogen-bond donors (Lipinski definition) is 0. The number of rotatable bonds is 2. The quantitative estimate of drug-likeness (QED) is 0.428. The Morgan fingerprint density at radius 2 is 2.24 bits per heavy atom. The fourth-order valence-corrected chi connectivity index (χ4v) is 1.42. The van der Waals surface area contributed by atoms with Gasteiger partial charge in [0.2, 0.25) is 0 Å². The van der Waals surface area contributed by atoms with Gasteiger partial charge in [-0.15, -0.1) is 0 Å². The summed E-state index contributed by atoms with van der Waals surface area (Å²) in [6, 6.07) is 4.64. The van der Waals surface area contributed by atoms with E-state index in [9.17, 15) is 10.0 Å². The first-order valence-corrected chi connectivity index (χ1v) is 4.81. The average molecular weight is 231 g/mol. The molecule has 2 aromatic heterocycles. The van der Waals surface area contributed by atoms with Gasteiger partial charge in [-0.05, 0) is 12.1 Å². The first-order valence-electron chi connectivity index (χ1n) is 4.81. The maximum absolute atomic E-state index is 11.5. The summed E-state index contributed by atoms with van der Waals surface area (Å²) in [4.78, 5) is 19.2. The van der Waals surface area contributed by atoms with Gasteiger partial charge in [-0.25, -0.2) is 9.52 Å². The second kappa shape index (κ2) is 4.56. The fraction of sp³-hybridized carbons (Fsp3) is 0.0909. The number of carbonyl (C=O) groups excluding carboxylic acids is 1. The molecule has 0 aromatic carbocycles. The van der Waals surface area contributed by atoms with Crippen molar-refractivity contribution in [3.05, 3.63) is 47.7 Å². The molecule has 2 heterocycles. The molecule has 0 aliphatic heterocycles. The highest BCUT2D eigenvalue weighted by molar-refractivity contribution is 5.95. The Balaban J connectivity index is 2.60. The highest BCUT2D eigenvalue weighted by Gasteiger charge is 2.17. The van der Waals surface area contributed by atoms with E-state index in [2.05, 4.69) is 14.7 Å². The largest absolute Gasteiger partial charge is 0.710 e. The molecule has 0 unspecified atom stereocenters. The van der Waals surface area contributed by atoms with Crippen LogP contribution in [0.2, 0.25) is 0 Å². The number of pyridine rings is 1. The normalized spacial score (nSPS) is 9.94. The van der Waals surface area contributed by atoms with Crippen molar-refractivity contribution in [3.63, 3.8) is 0 Å². The average Bonchev–Trinajstić information content (AvgIpc) is 2.38. The predicted molar refractivity (Wildman–Crippen MR) is 57.8 cm³/mol. The topological polar surface area (TPSA) is 79.0 Å². The Hall–Kier alpha value is -2.50. The molecule has 0 N–H and O–H groups in total. The molecule has 0 amide bonds. The number of ether oxygens (including phenoxy) is 1. The Bertz CT molecular complexity index is 557. The molecule has 0 bridgehead atoms. The van der Waals surface area contributed by atoms with E-state index >= 15 is 0 Å². The van der Waals surface area contributed by atoms with Crippen LogP contribution in [0.15, 0.2) is 36.9 Å². The highest BCUT2D eigenvalue weighted by Crippen LogP contribution is 2.17. The summed E-state index contributed by atoms with van der Waals surface area (Å²) in [5.41, 5.74) is 0.767. The molecule has 6 nitrogen and oxygen atoms in total. The van der Waals surface area contributed by atoms with Crippen LogP contribution in [-0.4, -0.2) is 23.0 Å². The van der Waals surface area contributed by atoms with Crippen LogP contribution < -0.4 is 4.73 Å². The van der Waals surface area contributed by atoms with Crippen LogP contribution in [0.1, 0.15) is 10.4 Å². The van der Waals surface area contributed by atoms with E-state index in [1.165, 1.54) is 25.6 Å². The molecular weight excluding hydrogens is 222 g/mol. The smallest absolute Gasteiger partial charge is 0.340 e. The van der Waals surface area contributed by atoms with E-state index in [0.29, 0.717) is 4.73 Å². The molecule has 0 radical (unpaired) electrons. The number of aromatic nitrogens is 3. The molecule has 0 saturated heterocycles. The SMILES string of the molecule is COC(=O)c1cccnc1-c1ccnc[n+]1[O-]. The third-order valence-corrected chi connectivity index (χ3v) is 2.18. The third-order valence-electron chi connectivity index (χ3n) is 2.18. The Kier molecular flexibility index (Phi) is 2.95. The van der Waals surface area contributed by atoms with E-state index in [1.54, 1.807) is 12.1 Å². The van der Waals surface area contributed by atoms with Crippen molar-refractivity contribution in [2.75, 3.05) is 7.11 Å². The van der Waals surface area contributed by atoms with Crippen LogP contribution in [0.25, 0.3) is 11.4 Å². The van der Waals surface area contributed by atoms with Crippen molar-refractivity contribution >= 4 is 5.97 Å². The van der Waals surface area contributed by atoms with E-state index in [0.717, 1.165) is 6.33 Å². The maximum atomic E-state index is 11.5. The van der Waals surface area contributed by atoms with Crippen molar-refractivity contribution in [1.82, 2.24) is 9.97 Å². The lowest BCUT2D eigenvalue weighted by Crippen LogP contribution is -2.30. The van der Waals surface area contributed by atoms with Gasteiger partial charge in [-0.1, -0.05) is 4.98 Å². The van der Waals surface area contributed by atoms with Crippen molar-refractivity contribution in [2.24, 2.45) is 0 Å². The molecule has 0 atom stereocenters. The molecule has 17 heavy (non-hydrogen) atoms. The summed E-state index contributed by atoms with van der Waals surface area (Å²) in [5.74, 6) is -0.537. The molecule has 6 heteroatoms. The van der Waals surface area contributed by atoms with Gasteiger partial charge < -0.3 is 9.94 Å². The molecular formula is C11H9N3O3. The zero-order chi connectivity index (χ0) is 12.3. The van der Waals surface area contributed by atoms with Crippen LogP contribution in [0.5, 0.6) is 0 Å². The molecule has 0 aliphatic rings. The summed E-state index contributed by atoms with van der Waals surface area (Å²) in [6.07, 6.45) is 4.06. The van der Waals surface area contributed by atoms with Crippen molar-refractivity contribution in [1.29, 1.82) is 0 Å². The van der Waals surface area contributed by atoms with Crippen LogP contribution in [-0.2, 0) is 4.74 Å². The monoisotopic (exact) mass is 231 g/mol. The lowest BCUT2D eigenvalue weighted by atomic mass is 10.1. The number of esters is 1. The minimum Gasteiger partial charge on any atom is -0.710 e. The first kappa shape index (κ1) is 11.0. The van der Waals surface area contributed by atoms with Gasteiger partial charge in [0.05, 0.1) is 12.7 Å². The van der Waals surface area contributed by atoms with Crippen LogP contribution in [0, 0.1) is 5.21 Å². The van der Waals surface area contributed by atoms with Crippen LogP contribution in [0.4, 0.5) is 0 Å². The summed E-state index contributed by atoms with van der Waals surface area (Å²) in [5, 5.41) is 11.5. The minimum atomic E-state index is -0.537. The van der Waals surface area contributed by atoms with Gasteiger partial charge in [-0.2, -0.15) is 0 Å². The van der Waals surface area contributed by atoms with Gasteiger partial charge in [0.15, 0.2) is 5.69 Å². The molecule has 86 valence electrons. The lowest BCUT2D eigenvalue weighted by Gasteiger charge is -2.09. The van der Waals surface area contributed by atoms with Crippen molar-refractivity contribution in [2.45, 2.75) is 0 Å². The standard InChI is InChI=1S/C11H9N3O3/c1-17-11(15)8-3-2-5-13-10(8)9-4-6-12-7-14(9)16/h2-7H,1H3. The predicted octanol–water partition coefficient (Wildman–Crippen LogP) is 0.564. The van der Waals surface area contributed by atoms with Crippen molar-refractivity contribution in [3.8, 4) is 11.4 Å². The summed E-state index contributed by atoms with van der Waals surface area (Å²) >= 11 is 0. The number of methoxy groups -OCH3 is 1. The van der Waals surface area contributed by atoms with Crippen LogP contribution in [0.3, 0.4) is 0 Å². The molecule has 2 rings (SSSR count). The molecule has 2 aromatic rings. The maximum Gasteiger partial charge on any atom is 0.340 e. The van der Waals surface area contributed by atoms with Gasteiger partial charge in [0, 0.05) is 12.3 Å². The number of carbonyl (C=O) groups is 1. The fourth-order valence-electron chi connectivity index (χ4n) is 1.42. The summed E-state index contributed by atoms with van der Waals surface area (Å²) in [7, 11) is 1.27. The van der Waals surface area contributed by atoms with Crippen LogP contribution >= 0.6 is 0 Å². The third kappa shape index (κ3) is 2.05. The van der Waals surface area contributed by atoms with Gasteiger partial charge in [-0.3, -0.25) is 4.98 Å². The van der Waals surface area contributed by atoms with Gasteiger partial charge in [0.1, 0.15) is 11.9 Å². The van der Waals surface area contributed by atoms with E-state index in [-0.39, 0.29) is 17.0 Å². The zero-order valence-corrected chi connectivity index (χ0v) is 9.03. The Morgan fingerprint density at radius 1 is 1.41 bits per heavy atom. The van der Waals surface area contributed by atoms with E-state index in [4.69, 9.17) is 0 Å². The number of hydrogen-bond acceptors (Lipinski definition) is 5. The molecule has 0 fully saturated rings. The van der Waals surface area contributed by atoms with Crippen molar-refractivity contribution < 1.29 is 14.3 Å². The summed E-state index contributed by atoms with van der Waals surface area (Å²) < 4.78 is 5.18. The van der Waals surface area contributed by atoms with E-state index < -0.39 is 5.97 Å². The second-order valence-corrected chi connectivity index (χ2v) is 3.18. The van der Waals surface area contributed by atoms with E-state index in [1.807, 2.05) is 0 Å². The molecule has 0 aliphatic carbocycles. The second-order valence-electron chi connectivity index (χ2n) is 3.18. The molecule has 0 saturated carbocycles. The van der Waals surface area contributed by atoms with Gasteiger partial charge in [0.25, 0.3) is 6.33 Å². The summed E-state index contributed by atoms with van der Waals surface area (Å²) in [6.45, 7) is 0. The lowest BCUT2D eigenvalue weighted by molar-refractivity contribution is -0.597. The first-order chi connectivity index (χ1) is 8.24. The molecule has 0 spiro atoms. The van der Waals surface area contributed by atoms with Gasteiger partial charge >= 0.3 is 5.97 Å². The minimum absolute atomic E-state index is 0.241.